The molecule has 3 nitrogen and oxygen atoms in total. The van der Waals surface area contributed by atoms with Crippen LogP contribution in [0.3, 0.4) is 0 Å². The van der Waals surface area contributed by atoms with Gasteiger partial charge in [-0.15, -0.1) is 0 Å². The van der Waals surface area contributed by atoms with E-state index in [2.05, 4.69) is 63.2 Å². The number of anilines is 1. The van der Waals surface area contributed by atoms with Gasteiger partial charge in [0, 0.05) is 35.8 Å². The summed E-state index contributed by atoms with van der Waals surface area (Å²) in [6, 6.07) is 7.26. The molecule has 2 rings (SSSR count). The van der Waals surface area contributed by atoms with Crippen molar-refractivity contribution in [1.82, 2.24) is 10.2 Å². The van der Waals surface area contributed by atoms with E-state index in [9.17, 15) is 0 Å². The standard InChI is InChI=1S/C16H26BrN3/c1-4-15-12-19(3)8-5-9-20(15)16-10-14(17)7-6-13(16)11-18-2/h6-7,10,15,18H,4-5,8-9,11-12H2,1-3H3. The lowest BCUT2D eigenvalue weighted by Crippen LogP contribution is -2.40. The Morgan fingerprint density at radius 2 is 2.15 bits per heavy atom. The van der Waals surface area contributed by atoms with Crippen molar-refractivity contribution in [3.8, 4) is 0 Å². The van der Waals surface area contributed by atoms with Crippen LogP contribution >= 0.6 is 15.9 Å². The second-order valence-corrected chi connectivity index (χ2v) is 6.59. The quantitative estimate of drug-likeness (QED) is 0.909. The summed E-state index contributed by atoms with van der Waals surface area (Å²) >= 11 is 3.63. The molecule has 20 heavy (non-hydrogen) atoms. The number of halogens is 1. The van der Waals surface area contributed by atoms with Gasteiger partial charge in [0.1, 0.15) is 0 Å². The van der Waals surface area contributed by atoms with Crippen LogP contribution in [0.5, 0.6) is 0 Å². The molecule has 1 saturated heterocycles. The van der Waals surface area contributed by atoms with Gasteiger partial charge in [-0.05, 0) is 51.2 Å². The van der Waals surface area contributed by atoms with Crippen molar-refractivity contribution in [3.05, 3.63) is 28.2 Å². The van der Waals surface area contributed by atoms with Gasteiger partial charge < -0.3 is 15.1 Å². The normalized spacial score (nSPS) is 21.0. The Labute approximate surface area is 131 Å². The Hall–Kier alpha value is -0.580. The Bertz CT molecular complexity index is 436. The summed E-state index contributed by atoms with van der Waals surface area (Å²) in [7, 11) is 4.25. The van der Waals surface area contributed by atoms with E-state index in [4.69, 9.17) is 0 Å². The van der Waals surface area contributed by atoms with Gasteiger partial charge in [0.2, 0.25) is 0 Å². The minimum absolute atomic E-state index is 0.604. The van der Waals surface area contributed by atoms with Crippen LogP contribution in [-0.4, -0.2) is 44.7 Å². The third-order valence-corrected chi connectivity index (χ3v) is 4.59. The van der Waals surface area contributed by atoms with E-state index in [-0.39, 0.29) is 0 Å². The SMILES string of the molecule is CCC1CN(C)CCCN1c1cc(Br)ccc1CNC. The molecule has 4 heteroatoms. The maximum Gasteiger partial charge on any atom is 0.0426 e. The first-order valence-electron chi connectivity index (χ1n) is 7.54. The van der Waals surface area contributed by atoms with Gasteiger partial charge in [-0.1, -0.05) is 28.9 Å². The van der Waals surface area contributed by atoms with E-state index >= 15 is 0 Å². The summed E-state index contributed by atoms with van der Waals surface area (Å²) in [5.74, 6) is 0. The highest BCUT2D eigenvalue weighted by molar-refractivity contribution is 9.10. The largest absolute Gasteiger partial charge is 0.367 e. The lowest BCUT2D eigenvalue weighted by molar-refractivity contribution is 0.328. The molecule has 0 amide bonds. The fourth-order valence-corrected chi connectivity index (χ4v) is 3.40. The number of hydrogen-bond acceptors (Lipinski definition) is 3. The molecule has 0 aliphatic carbocycles. The van der Waals surface area contributed by atoms with Crippen LogP contribution in [0.15, 0.2) is 22.7 Å². The molecule has 0 bridgehead atoms. The van der Waals surface area contributed by atoms with Crippen molar-refractivity contribution in [3.63, 3.8) is 0 Å². The Morgan fingerprint density at radius 3 is 2.85 bits per heavy atom. The second kappa shape index (κ2) is 7.43. The summed E-state index contributed by atoms with van der Waals surface area (Å²) < 4.78 is 1.17. The fourth-order valence-electron chi connectivity index (χ4n) is 3.05. The number of hydrogen-bond donors (Lipinski definition) is 1. The average molecular weight is 340 g/mol. The molecule has 1 heterocycles. The van der Waals surface area contributed by atoms with Crippen LogP contribution in [-0.2, 0) is 6.54 Å². The summed E-state index contributed by atoms with van der Waals surface area (Å²) in [5.41, 5.74) is 2.77. The fraction of sp³-hybridized carbons (Fsp3) is 0.625. The van der Waals surface area contributed by atoms with Gasteiger partial charge in [-0.3, -0.25) is 0 Å². The Kier molecular flexibility index (Phi) is 5.87. The number of rotatable bonds is 4. The molecule has 0 saturated carbocycles. The minimum Gasteiger partial charge on any atom is -0.367 e. The minimum atomic E-state index is 0.604. The van der Waals surface area contributed by atoms with E-state index in [1.165, 1.54) is 35.1 Å². The highest BCUT2D eigenvalue weighted by Gasteiger charge is 2.23. The maximum atomic E-state index is 3.63. The van der Waals surface area contributed by atoms with E-state index in [1.807, 2.05) is 7.05 Å². The molecular weight excluding hydrogens is 314 g/mol. The van der Waals surface area contributed by atoms with E-state index < -0.39 is 0 Å². The van der Waals surface area contributed by atoms with Crippen molar-refractivity contribution in [2.45, 2.75) is 32.4 Å². The number of benzene rings is 1. The Morgan fingerprint density at radius 1 is 1.35 bits per heavy atom. The number of nitrogens with zero attached hydrogens (tertiary/aromatic N) is 2. The topological polar surface area (TPSA) is 18.5 Å². The van der Waals surface area contributed by atoms with Gasteiger partial charge in [-0.2, -0.15) is 0 Å². The summed E-state index contributed by atoms with van der Waals surface area (Å²) in [6.07, 6.45) is 2.42. The predicted octanol–water partition coefficient (Wildman–Crippen LogP) is 3.09. The van der Waals surface area contributed by atoms with E-state index in [1.54, 1.807) is 0 Å². The number of likely N-dealkylation sites (N-methyl/N-ethyl adjacent to an activating group) is 1. The zero-order valence-corrected chi connectivity index (χ0v) is 14.4. The average Bonchev–Trinajstić information content (AvgIpc) is 2.62. The smallest absolute Gasteiger partial charge is 0.0426 e. The van der Waals surface area contributed by atoms with Crippen LogP contribution in [0, 0.1) is 0 Å². The first-order valence-corrected chi connectivity index (χ1v) is 8.33. The van der Waals surface area contributed by atoms with Crippen LogP contribution in [0.25, 0.3) is 0 Å². The highest BCUT2D eigenvalue weighted by Crippen LogP contribution is 2.29. The molecule has 1 fully saturated rings. The third kappa shape index (κ3) is 3.74. The maximum absolute atomic E-state index is 3.63. The van der Waals surface area contributed by atoms with Crippen molar-refractivity contribution >= 4 is 21.6 Å². The monoisotopic (exact) mass is 339 g/mol. The zero-order valence-electron chi connectivity index (χ0n) is 12.8. The van der Waals surface area contributed by atoms with Gasteiger partial charge in [0.05, 0.1) is 0 Å². The number of nitrogens with one attached hydrogen (secondary N) is 1. The highest BCUT2D eigenvalue weighted by atomic mass is 79.9. The van der Waals surface area contributed by atoms with Crippen LogP contribution in [0.4, 0.5) is 5.69 Å². The zero-order chi connectivity index (χ0) is 14.5. The van der Waals surface area contributed by atoms with Crippen molar-refractivity contribution in [2.75, 3.05) is 38.6 Å². The molecule has 0 aromatic heterocycles. The lowest BCUT2D eigenvalue weighted by Gasteiger charge is -2.34. The molecule has 1 aliphatic rings. The molecule has 0 spiro atoms. The van der Waals surface area contributed by atoms with Crippen LogP contribution in [0.1, 0.15) is 25.3 Å². The van der Waals surface area contributed by atoms with E-state index in [0.717, 1.165) is 19.6 Å². The molecule has 1 N–H and O–H groups in total. The van der Waals surface area contributed by atoms with Crippen LogP contribution < -0.4 is 10.2 Å². The molecule has 0 radical (unpaired) electrons. The van der Waals surface area contributed by atoms with Crippen molar-refractivity contribution in [2.24, 2.45) is 0 Å². The molecule has 1 aromatic carbocycles. The summed E-state index contributed by atoms with van der Waals surface area (Å²) in [5, 5.41) is 3.29. The first-order chi connectivity index (χ1) is 9.65. The van der Waals surface area contributed by atoms with Crippen molar-refractivity contribution < 1.29 is 0 Å². The van der Waals surface area contributed by atoms with Gasteiger partial charge in [0.25, 0.3) is 0 Å². The lowest BCUT2D eigenvalue weighted by atomic mass is 10.1. The molecule has 1 aromatic rings. The van der Waals surface area contributed by atoms with Crippen molar-refractivity contribution in [1.29, 1.82) is 0 Å². The summed E-state index contributed by atoms with van der Waals surface area (Å²) in [4.78, 5) is 5.07. The second-order valence-electron chi connectivity index (χ2n) is 5.67. The predicted molar refractivity (Wildman–Crippen MR) is 90.4 cm³/mol. The van der Waals surface area contributed by atoms with Gasteiger partial charge in [0.15, 0.2) is 0 Å². The van der Waals surface area contributed by atoms with E-state index in [0.29, 0.717) is 6.04 Å². The third-order valence-electron chi connectivity index (χ3n) is 4.10. The van der Waals surface area contributed by atoms with Gasteiger partial charge >= 0.3 is 0 Å². The first kappa shape index (κ1) is 15.8. The molecule has 1 aliphatic heterocycles. The molecule has 1 unspecified atom stereocenters. The molecular formula is C16H26BrN3. The summed E-state index contributed by atoms with van der Waals surface area (Å²) in [6.45, 7) is 6.72. The van der Waals surface area contributed by atoms with Crippen LogP contribution in [0.2, 0.25) is 0 Å². The van der Waals surface area contributed by atoms with Gasteiger partial charge in [-0.25, -0.2) is 0 Å². The molecule has 112 valence electrons. The Balaban J connectivity index is 2.33. The molecule has 1 atom stereocenters.